The highest BCUT2D eigenvalue weighted by atomic mass is 16.2. The molecule has 0 unspecified atom stereocenters. The number of hydrogen-bond donors (Lipinski definition) is 1. The number of ketones is 1. The highest BCUT2D eigenvalue weighted by Gasteiger charge is 2.59. The Bertz CT molecular complexity index is 1280. The van der Waals surface area contributed by atoms with Crippen molar-refractivity contribution in [3.05, 3.63) is 65.4 Å². The van der Waals surface area contributed by atoms with Crippen molar-refractivity contribution < 1.29 is 14.4 Å². The van der Waals surface area contributed by atoms with Gasteiger partial charge in [0.25, 0.3) is 0 Å². The summed E-state index contributed by atoms with van der Waals surface area (Å²) in [7, 11) is 1.85. The Morgan fingerprint density at radius 2 is 1.56 bits per heavy atom. The second-order valence-corrected chi connectivity index (χ2v) is 9.93. The van der Waals surface area contributed by atoms with Crippen LogP contribution >= 0.6 is 0 Å². The van der Waals surface area contributed by atoms with E-state index in [1.807, 2.05) is 75.7 Å². The van der Waals surface area contributed by atoms with E-state index < -0.39 is 23.8 Å². The molecule has 2 aromatic carbocycles. The molecule has 1 aliphatic carbocycles. The summed E-state index contributed by atoms with van der Waals surface area (Å²) < 4.78 is 1.87. The van der Waals surface area contributed by atoms with Crippen molar-refractivity contribution in [2.24, 2.45) is 18.9 Å². The molecular formula is C26H27N3O3. The molecule has 1 aliphatic heterocycles. The molecule has 1 fully saturated rings. The minimum atomic E-state index is -1.03. The summed E-state index contributed by atoms with van der Waals surface area (Å²) in [6.07, 6.45) is 0. The van der Waals surface area contributed by atoms with Gasteiger partial charge in [-0.2, -0.15) is 0 Å². The maximum absolute atomic E-state index is 13.7. The number of aryl methyl sites for hydroxylation is 2. The zero-order valence-electron chi connectivity index (χ0n) is 19.0. The molecule has 1 N–H and O–H groups in total. The minimum absolute atomic E-state index is 0.274. The second kappa shape index (κ2) is 6.87. The first kappa shape index (κ1) is 20.6. The fourth-order valence-electron chi connectivity index (χ4n) is 5.24. The third-order valence-electron chi connectivity index (χ3n) is 6.56. The molecule has 3 aromatic rings. The number of benzene rings is 2. The number of amides is 2. The van der Waals surface area contributed by atoms with Gasteiger partial charge < -0.3 is 9.88 Å². The van der Waals surface area contributed by atoms with E-state index in [2.05, 4.69) is 5.32 Å². The maximum atomic E-state index is 13.7. The number of para-hydroxylation sites is 1. The average Bonchev–Trinajstić information content (AvgIpc) is 3.17. The highest BCUT2D eigenvalue weighted by Crippen LogP contribution is 2.48. The van der Waals surface area contributed by atoms with Crippen molar-refractivity contribution in [1.82, 2.24) is 9.88 Å². The van der Waals surface area contributed by atoms with Crippen molar-refractivity contribution >= 4 is 34.2 Å². The molecule has 6 nitrogen and oxygen atoms in total. The van der Waals surface area contributed by atoms with Gasteiger partial charge in [-0.05, 0) is 45.9 Å². The standard InChI is InChI=1S/C26H27N3O3/c1-14-10-12-15(13-11-14)29-24(31)19-20(25(29)32)23(30)22-18(21(19)27-26(2,3)4)16-8-6-7-9-17(16)28(22)5/h6-13,19-21,27H,1-5H3/t19-,20+,21-/m1/s1. The number of hydrogen-bond acceptors (Lipinski definition) is 4. The number of Topliss-reactive ketones (excluding diaryl/α,β-unsaturated/α-hetero) is 1. The molecule has 164 valence electrons. The monoisotopic (exact) mass is 429 g/mol. The molecule has 1 aromatic heterocycles. The fourth-order valence-corrected chi connectivity index (χ4v) is 5.24. The van der Waals surface area contributed by atoms with E-state index in [1.54, 1.807) is 12.1 Å². The van der Waals surface area contributed by atoms with Crippen LogP contribution in [-0.4, -0.2) is 27.7 Å². The predicted octanol–water partition coefficient (Wildman–Crippen LogP) is 3.92. The number of fused-ring (bicyclic) bond motifs is 4. The number of carbonyl (C=O) groups excluding carboxylic acids is 3. The number of carbonyl (C=O) groups is 3. The number of nitrogens with zero attached hydrogens (tertiary/aromatic N) is 2. The van der Waals surface area contributed by atoms with Crippen molar-refractivity contribution in [2.45, 2.75) is 39.3 Å². The minimum Gasteiger partial charge on any atom is -0.341 e. The zero-order valence-corrected chi connectivity index (χ0v) is 19.0. The first-order valence-electron chi connectivity index (χ1n) is 10.9. The van der Waals surface area contributed by atoms with Gasteiger partial charge in [-0.1, -0.05) is 35.9 Å². The SMILES string of the molecule is Cc1ccc(N2C(=O)[C@@H]3C(=O)c4c(c5ccccc5n4C)[C@@H](NC(C)(C)C)[C@@H]3C2=O)cc1. The van der Waals surface area contributed by atoms with Gasteiger partial charge in [-0.3, -0.25) is 14.4 Å². The van der Waals surface area contributed by atoms with Gasteiger partial charge in [0.05, 0.1) is 17.3 Å². The van der Waals surface area contributed by atoms with E-state index >= 15 is 0 Å². The van der Waals surface area contributed by atoms with Gasteiger partial charge in [0.15, 0.2) is 5.78 Å². The quantitative estimate of drug-likeness (QED) is 0.495. The zero-order chi connectivity index (χ0) is 22.9. The molecule has 0 bridgehead atoms. The van der Waals surface area contributed by atoms with Crippen molar-refractivity contribution in [3.8, 4) is 0 Å². The molecule has 0 saturated carbocycles. The summed E-state index contributed by atoms with van der Waals surface area (Å²) in [6.45, 7) is 8.04. The summed E-state index contributed by atoms with van der Waals surface area (Å²) in [5.41, 5.74) is 3.47. The van der Waals surface area contributed by atoms with E-state index in [4.69, 9.17) is 0 Å². The lowest BCUT2D eigenvalue weighted by Gasteiger charge is -2.36. The van der Waals surface area contributed by atoms with Gasteiger partial charge >= 0.3 is 0 Å². The van der Waals surface area contributed by atoms with Gasteiger partial charge in [-0.15, -0.1) is 0 Å². The van der Waals surface area contributed by atoms with Crippen molar-refractivity contribution in [3.63, 3.8) is 0 Å². The molecule has 32 heavy (non-hydrogen) atoms. The third-order valence-corrected chi connectivity index (χ3v) is 6.56. The third kappa shape index (κ3) is 2.86. The van der Waals surface area contributed by atoms with Gasteiger partial charge in [-0.25, -0.2) is 4.90 Å². The summed E-state index contributed by atoms with van der Waals surface area (Å²) in [6, 6.07) is 14.6. The van der Waals surface area contributed by atoms with Crippen LogP contribution in [-0.2, 0) is 16.6 Å². The van der Waals surface area contributed by atoms with Crippen LogP contribution in [0.1, 0.15) is 48.4 Å². The maximum Gasteiger partial charge on any atom is 0.245 e. The van der Waals surface area contributed by atoms with Crippen LogP contribution in [0.3, 0.4) is 0 Å². The van der Waals surface area contributed by atoms with Crippen LogP contribution in [0.2, 0.25) is 0 Å². The van der Waals surface area contributed by atoms with E-state index in [0.717, 1.165) is 22.0 Å². The van der Waals surface area contributed by atoms with Crippen molar-refractivity contribution in [1.29, 1.82) is 0 Å². The molecular weight excluding hydrogens is 402 g/mol. The van der Waals surface area contributed by atoms with Crippen LogP contribution in [0.15, 0.2) is 48.5 Å². The molecule has 2 amide bonds. The molecule has 3 atom stereocenters. The smallest absolute Gasteiger partial charge is 0.245 e. The van der Waals surface area contributed by atoms with E-state index in [1.165, 1.54) is 4.90 Å². The topological polar surface area (TPSA) is 71.4 Å². The highest BCUT2D eigenvalue weighted by molar-refractivity contribution is 6.31. The lowest BCUT2D eigenvalue weighted by molar-refractivity contribution is -0.122. The Morgan fingerprint density at radius 3 is 2.22 bits per heavy atom. The van der Waals surface area contributed by atoms with Gasteiger partial charge in [0.1, 0.15) is 5.92 Å². The molecule has 6 heteroatoms. The molecule has 1 saturated heterocycles. The summed E-state index contributed by atoms with van der Waals surface area (Å²) >= 11 is 0. The number of aromatic nitrogens is 1. The fraction of sp³-hybridized carbons (Fsp3) is 0.346. The lowest BCUT2D eigenvalue weighted by atomic mass is 9.74. The first-order chi connectivity index (χ1) is 15.1. The Morgan fingerprint density at radius 1 is 0.906 bits per heavy atom. The van der Waals surface area contributed by atoms with Crippen LogP contribution in [0.5, 0.6) is 0 Å². The van der Waals surface area contributed by atoms with E-state index in [-0.39, 0.29) is 17.2 Å². The average molecular weight is 430 g/mol. The van der Waals surface area contributed by atoms with Gasteiger partial charge in [0.2, 0.25) is 11.8 Å². The Balaban J connectivity index is 1.73. The molecule has 2 aliphatic rings. The van der Waals surface area contributed by atoms with E-state index in [9.17, 15) is 14.4 Å². The lowest BCUT2D eigenvalue weighted by Crippen LogP contribution is -2.48. The summed E-state index contributed by atoms with van der Waals surface area (Å²) in [4.78, 5) is 42.2. The first-order valence-corrected chi connectivity index (χ1v) is 10.9. The number of anilines is 1. The number of imide groups is 1. The van der Waals surface area contributed by atoms with Crippen LogP contribution in [0.25, 0.3) is 10.9 Å². The van der Waals surface area contributed by atoms with E-state index in [0.29, 0.717) is 11.4 Å². The molecule has 5 rings (SSSR count). The summed E-state index contributed by atoms with van der Waals surface area (Å²) in [5, 5.41) is 4.52. The number of nitrogens with one attached hydrogen (secondary N) is 1. The van der Waals surface area contributed by atoms with Crippen LogP contribution < -0.4 is 10.2 Å². The normalized spacial score (nSPS) is 23.1. The number of rotatable bonds is 2. The Hall–Kier alpha value is -3.25. The predicted molar refractivity (Wildman–Crippen MR) is 124 cm³/mol. The Labute approximate surface area is 187 Å². The Kier molecular flexibility index (Phi) is 4.43. The molecule has 0 spiro atoms. The van der Waals surface area contributed by atoms with Crippen LogP contribution in [0, 0.1) is 18.8 Å². The van der Waals surface area contributed by atoms with Crippen LogP contribution in [0.4, 0.5) is 5.69 Å². The molecule has 2 heterocycles. The second-order valence-electron chi connectivity index (χ2n) is 9.93. The largest absolute Gasteiger partial charge is 0.341 e. The van der Waals surface area contributed by atoms with Crippen molar-refractivity contribution in [2.75, 3.05) is 4.90 Å². The molecule has 0 radical (unpaired) electrons. The summed E-state index contributed by atoms with van der Waals surface area (Å²) in [5.74, 6) is -2.85. The van der Waals surface area contributed by atoms with Gasteiger partial charge in [0, 0.05) is 35.1 Å².